The second-order valence-corrected chi connectivity index (χ2v) is 5.38. The average Bonchev–Trinajstić information content (AvgIpc) is 2.78. The van der Waals surface area contributed by atoms with Gasteiger partial charge in [-0.15, -0.1) is 0 Å². The van der Waals surface area contributed by atoms with Crippen molar-refractivity contribution in [3.05, 3.63) is 40.5 Å². The smallest absolute Gasteiger partial charge is 0.245 e. The van der Waals surface area contributed by atoms with Crippen molar-refractivity contribution in [3.8, 4) is 0 Å². The molecule has 0 fully saturated rings. The third kappa shape index (κ3) is 3.70. The molecule has 1 aromatic carbocycles. The molecule has 5 heteroatoms. The Hall–Kier alpha value is -1.55. The van der Waals surface area contributed by atoms with Crippen LogP contribution in [-0.4, -0.2) is 10.1 Å². The van der Waals surface area contributed by atoms with Gasteiger partial charge in [0.2, 0.25) is 5.89 Å². The van der Waals surface area contributed by atoms with Crippen LogP contribution >= 0.6 is 11.6 Å². The Morgan fingerprint density at radius 3 is 2.89 bits per heavy atom. The fourth-order valence-electron chi connectivity index (χ4n) is 1.78. The highest BCUT2D eigenvalue weighted by atomic mass is 35.5. The number of benzene rings is 1. The van der Waals surface area contributed by atoms with Crippen LogP contribution in [0.5, 0.6) is 0 Å². The molecule has 0 unspecified atom stereocenters. The van der Waals surface area contributed by atoms with Gasteiger partial charge in [-0.25, -0.2) is 0 Å². The summed E-state index contributed by atoms with van der Waals surface area (Å²) in [5, 5.41) is 7.96. The third-order valence-corrected chi connectivity index (χ3v) is 3.21. The normalized spacial score (nSPS) is 11.0. The number of rotatable bonds is 5. The number of nitrogens with zero attached hydrogens (tertiary/aromatic N) is 2. The van der Waals surface area contributed by atoms with Crippen molar-refractivity contribution in [2.75, 3.05) is 5.32 Å². The molecule has 0 saturated carbocycles. The Balaban J connectivity index is 1.98. The lowest BCUT2D eigenvalue weighted by Gasteiger charge is -2.08. The van der Waals surface area contributed by atoms with E-state index in [0.29, 0.717) is 18.4 Å². The zero-order chi connectivity index (χ0) is 13.8. The van der Waals surface area contributed by atoms with Crippen LogP contribution < -0.4 is 5.32 Å². The first-order valence-electron chi connectivity index (χ1n) is 6.36. The summed E-state index contributed by atoms with van der Waals surface area (Å²) in [7, 11) is 0. The lowest BCUT2D eigenvalue weighted by molar-refractivity contribution is 0.375. The molecule has 1 heterocycles. The van der Waals surface area contributed by atoms with E-state index in [1.807, 2.05) is 25.1 Å². The average molecular weight is 280 g/mol. The molecule has 19 heavy (non-hydrogen) atoms. The maximum absolute atomic E-state index is 6.07. The standard InChI is InChI=1S/C14H18ClN3O/c1-9(2)7-13-17-14(19-18-13)8-16-12-6-4-5-11(15)10(12)3/h4-6,9,16H,7-8H2,1-3H3. The Labute approximate surface area is 118 Å². The summed E-state index contributed by atoms with van der Waals surface area (Å²) >= 11 is 6.07. The summed E-state index contributed by atoms with van der Waals surface area (Å²) in [6.07, 6.45) is 0.833. The fraction of sp³-hybridized carbons (Fsp3) is 0.429. The quantitative estimate of drug-likeness (QED) is 0.903. The number of hydrogen-bond donors (Lipinski definition) is 1. The predicted octanol–water partition coefficient (Wildman–Crippen LogP) is 3.84. The van der Waals surface area contributed by atoms with Crippen molar-refractivity contribution in [3.63, 3.8) is 0 Å². The fourth-order valence-corrected chi connectivity index (χ4v) is 1.95. The van der Waals surface area contributed by atoms with Gasteiger partial charge in [0.15, 0.2) is 5.82 Å². The first-order chi connectivity index (χ1) is 9.06. The molecule has 0 bridgehead atoms. The number of hydrogen-bond acceptors (Lipinski definition) is 4. The Bertz CT molecular complexity index is 551. The molecule has 4 nitrogen and oxygen atoms in total. The molecule has 2 rings (SSSR count). The molecule has 0 spiro atoms. The SMILES string of the molecule is Cc1c(Cl)cccc1NCc1nc(CC(C)C)no1. The van der Waals surface area contributed by atoms with E-state index < -0.39 is 0 Å². The zero-order valence-electron chi connectivity index (χ0n) is 11.4. The molecule has 0 atom stereocenters. The molecular formula is C14H18ClN3O. The second-order valence-electron chi connectivity index (χ2n) is 4.97. The van der Waals surface area contributed by atoms with E-state index in [0.717, 1.165) is 28.5 Å². The van der Waals surface area contributed by atoms with Crippen molar-refractivity contribution >= 4 is 17.3 Å². The van der Waals surface area contributed by atoms with Gasteiger partial charge in [-0.2, -0.15) is 4.98 Å². The lowest BCUT2D eigenvalue weighted by Crippen LogP contribution is -2.02. The van der Waals surface area contributed by atoms with E-state index in [1.165, 1.54) is 0 Å². The van der Waals surface area contributed by atoms with E-state index in [-0.39, 0.29) is 0 Å². The topological polar surface area (TPSA) is 51.0 Å². The van der Waals surface area contributed by atoms with Crippen molar-refractivity contribution in [1.82, 2.24) is 10.1 Å². The van der Waals surface area contributed by atoms with Crippen LogP contribution in [0, 0.1) is 12.8 Å². The van der Waals surface area contributed by atoms with Gasteiger partial charge < -0.3 is 9.84 Å². The zero-order valence-corrected chi connectivity index (χ0v) is 12.2. The van der Waals surface area contributed by atoms with Crippen LogP contribution in [0.2, 0.25) is 5.02 Å². The van der Waals surface area contributed by atoms with Crippen LogP contribution in [-0.2, 0) is 13.0 Å². The highest BCUT2D eigenvalue weighted by molar-refractivity contribution is 6.31. The molecule has 2 aromatic rings. The van der Waals surface area contributed by atoms with Gasteiger partial charge in [0.1, 0.15) is 0 Å². The van der Waals surface area contributed by atoms with Gasteiger partial charge in [-0.3, -0.25) is 0 Å². The molecule has 0 radical (unpaired) electrons. The van der Waals surface area contributed by atoms with Crippen LogP contribution in [0.3, 0.4) is 0 Å². The van der Waals surface area contributed by atoms with Gasteiger partial charge in [-0.05, 0) is 30.5 Å². The van der Waals surface area contributed by atoms with Gasteiger partial charge in [-0.1, -0.05) is 36.7 Å². The monoisotopic (exact) mass is 279 g/mol. The molecule has 0 saturated heterocycles. The summed E-state index contributed by atoms with van der Waals surface area (Å²) < 4.78 is 5.20. The number of anilines is 1. The van der Waals surface area contributed by atoms with E-state index >= 15 is 0 Å². The molecule has 0 aliphatic carbocycles. The summed E-state index contributed by atoms with van der Waals surface area (Å²) in [6, 6.07) is 5.76. The molecule has 0 aliphatic rings. The number of nitrogens with one attached hydrogen (secondary N) is 1. The maximum atomic E-state index is 6.07. The molecule has 1 N–H and O–H groups in total. The molecular weight excluding hydrogens is 262 g/mol. The highest BCUT2D eigenvalue weighted by Crippen LogP contribution is 2.23. The molecule has 1 aromatic heterocycles. The largest absolute Gasteiger partial charge is 0.376 e. The number of halogens is 1. The molecule has 102 valence electrons. The second kappa shape index (κ2) is 6.06. The Kier molecular flexibility index (Phi) is 4.43. The van der Waals surface area contributed by atoms with Crippen LogP contribution in [0.25, 0.3) is 0 Å². The van der Waals surface area contributed by atoms with E-state index in [9.17, 15) is 0 Å². The summed E-state index contributed by atoms with van der Waals surface area (Å²) in [6.45, 7) is 6.74. The van der Waals surface area contributed by atoms with Gasteiger partial charge in [0.25, 0.3) is 0 Å². The lowest BCUT2D eigenvalue weighted by atomic mass is 10.1. The van der Waals surface area contributed by atoms with E-state index in [4.69, 9.17) is 16.1 Å². The predicted molar refractivity (Wildman–Crippen MR) is 76.4 cm³/mol. The first-order valence-corrected chi connectivity index (χ1v) is 6.74. The van der Waals surface area contributed by atoms with Crippen molar-refractivity contribution in [1.29, 1.82) is 0 Å². The number of aromatic nitrogens is 2. The van der Waals surface area contributed by atoms with Crippen LogP contribution in [0.15, 0.2) is 22.7 Å². The summed E-state index contributed by atoms with van der Waals surface area (Å²) in [4.78, 5) is 4.34. The van der Waals surface area contributed by atoms with E-state index in [1.54, 1.807) is 0 Å². The molecule has 0 aliphatic heterocycles. The van der Waals surface area contributed by atoms with Crippen molar-refractivity contribution in [2.45, 2.75) is 33.7 Å². The Morgan fingerprint density at radius 2 is 2.16 bits per heavy atom. The van der Waals surface area contributed by atoms with Gasteiger partial charge in [0, 0.05) is 17.1 Å². The minimum atomic E-state index is 0.506. The van der Waals surface area contributed by atoms with Gasteiger partial charge >= 0.3 is 0 Å². The summed E-state index contributed by atoms with van der Waals surface area (Å²) in [5.74, 6) is 1.87. The Morgan fingerprint density at radius 1 is 1.37 bits per heavy atom. The highest BCUT2D eigenvalue weighted by Gasteiger charge is 2.08. The van der Waals surface area contributed by atoms with Crippen molar-refractivity contribution < 1.29 is 4.52 Å². The van der Waals surface area contributed by atoms with Gasteiger partial charge in [0.05, 0.1) is 6.54 Å². The van der Waals surface area contributed by atoms with Crippen LogP contribution in [0.4, 0.5) is 5.69 Å². The molecule has 0 amide bonds. The van der Waals surface area contributed by atoms with E-state index in [2.05, 4.69) is 29.3 Å². The van der Waals surface area contributed by atoms with Crippen molar-refractivity contribution in [2.24, 2.45) is 5.92 Å². The first kappa shape index (κ1) is 13.9. The summed E-state index contributed by atoms with van der Waals surface area (Å²) in [5.41, 5.74) is 2.00. The maximum Gasteiger partial charge on any atom is 0.245 e. The minimum Gasteiger partial charge on any atom is -0.376 e. The van der Waals surface area contributed by atoms with Crippen LogP contribution in [0.1, 0.15) is 31.1 Å². The third-order valence-electron chi connectivity index (χ3n) is 2.80. The minimum absolute atomic E-state index is 0.506.